The molecule has 0 N–H and O–H groups in total. The van der Waals surface area contributed by atoms with Crippen LogP contribution in [0.1, 0.15) is 5.82 Å². The highest BCUT2D eigenvalue weighted by atomic mass is 35.5. The van der Waals surface area contributed by atoms with E-state index in [1.54, 1.807) is 20.3 Å². The second-order valence-corrected chi connectivity index (χ2v) is 3.70. The molecule has 0 radical (unpaired) electrons. The summed E-state index contributed by atoms with van der Waals surface area (Å²) in [4.78, 5) is 12.3. The van der Waals surface area contributed by atoms with Crippen LogP contribution in [0.25, 0.3) is 11.4 Å². The maximum absolute atomic E-state index is 5.70. The molecule has 6 heteroatoms. The summed E-state index contributed by atoms with van der Waals surface area (Å²) in [5.41, 5.74) is 0.821. The second-order valence-electron chi connectivity index (χ2n) is 3.43. The molecule has 94 valence electrons. The van der Waals surface area contributed by atoms with Gasteiger partial charge < -0.3 is 9.47 Å². The lowest BCUT2D eigenvalue weighted by Crippen LogP contribution is -1.97. The molecule has 0 atom stereocenters. The molecule has 1 aromatic carbocycles. The summed E-state index contributed by atoms with van der Waals surface area (Å²) in [6, 6.07) is 5.47. The molecule has 2 aromatic rings. The van der Waals surface area contributed by atoms with Crippen molar-refractivity contribution in [3.8, 4) is 22.9 Å². The summed E-state index contributed by atoms with van der Waals surface area (Å²) < 4.78 is 10.4. The highest BCUT2D eigenvalue weighted by Gasteiger charge is 2.08. The summed E-state index contributed by atoms with van der Waals surface area (Å²) in [7, 11) is 3.17. The van der Waals surface area contributed by atoms with Crippen LogP contribution in [-0.4, -0.2) is 29.2 Å². The predicted octanol–water partition coefficient (Wildman–Crippen LogP) is 2.29. The Bertz CT molecular complexity index is 549. The average Bonchev–Trinajstić information content (AvgIpc) is 2.46. The van der Waals surface area contributed by atoms with Gasteiger partial charge in [-0.3, -0.25) is 0 Å². The van der Waals surface area contributed by atoms with Gasteiger partial charge in [-0.25, -0.2) is 15.0 Å². The van der Waals surface area contributed by atoms with E-state index in [4.69, 9.17) is 21.1 Å². The van der Waals surface area contributed by atoms with Crippen LogP contribution in [0.2, 0.25) is 0 Å². The van der Waals surface area contributed by atoms with Crippen molar-refractivity contribution < 1.29 is 9.47 Å². The molecule has 5 nitrogen and oxygen atoms in total. The normalized spacial score (nSPS) is 10.2. The van der Waals surface area contributed by atoms with Gasteiger partial charge >= 0.3 is 0 Å². The van der Waals surface area contributed by atoms with Crippen molar-refractivity contribution in [2.45, 2.75) is 5.88 Å². The Balaban J connectivity index is 2.43. The highest BCUT2D eigenvalue weighted by molar-refractivity contribution is 6.16. The van der Waals surface area contributed by atoms with E-state index in [1.165, 1.54) is 6.33 Å². The van der Waals surface area contributed by atoms with Crippen LogP contribution in [0.15, 0.2) is 24.5 Å². The SMILES string of the molecule is COc1ccc(-c2ncnc(CCl)n2)cc1OC. The Morgan fingerprint density at radius 3 is 2.56 bits per heavy atom. The van der Waals surface area contributed by atoms with Gasteiger partial charge in [0.1, 0.15) is 12.2 Å². The Morgan fingerprint density at radius 2 is 1.89 bits per heavy atom. The summed E-state index contributed by atoms with van der Waals surface area (Å²) >= 11 is 5.70. The van der Waals surface area contributed by atoms with E-state index in [1.807, 2.05) is 12.1 Å². The molecular weight excluding hydrogens is 254 g/mol. The topological polar surface area (TPSA) is 57.1 Å². The third-order valence-corrected chi connectivity index (χ3v) is 2.62. The first-order chi connectivity index (χ1) is 8.78. The lowest BCUT2D eigenvalue weighted by Gasteiger charge is -2.08. The number of halogens is 1. The number of nitrogens with zero attached hydrogens (tertiary/aromatic N) is 3. The molecule has 1 heterocycles. The summed E-state index contributed by atoms with van der Waals surface area (Å²) in [5, 5.41) is 0. The Hall–Kier alpha value is -1.88. The number of benzene rings is 1. The van der Waals surface area contributed by atoms with Crippen LogP contribution in [0, 0.1) is 0 Å². The molecule has 0 amide bonds. The number of methoxy groups -OCH3 is 2. The van der Waals surface area contributed by atoms with Crippen molar-refractivity contribution in [3.63, 3.8) is 0 Å². The van der Waals surface area contributed by atoms with Gasteiger partial charge in [-0.05, 0) is 18.2 Å². The fourth-order valence-corrected chi connectivity index (χ4v) is 1.64. The van der Waals surface area contributed by atoms with Gasteiger partial charge in [0.05, 0.1) is 20.1 Å². The summed E-state index contributed by atoms with van der Waals surface area (Å²) in [6.45, 7) is 0. The second kappa shape index (κ2) is 5.64. The minimum absolute atomic E-state index is 0.253. The van der Waals surface area contributed by atoms with Crippen LogP contribution in [-0.2, 0) is 5.88 Å². The van der Waals surface area contributed by atoms with Gasteiger partial charge in [0.25, 0.3) is 0 Å². The summed E-state index contributed by atoms with van der Waals surface area (Å²) in [6.07, 6.45) is 1.44. The van der Waals surface area contributed by atoms with Crippen molar-refractivity contribution in [3.05, 3.63) is 30.4 Å². The minimum Gasteiger partial charge on any atom is -0.493 e. The van der Waals surface area contributed by atoms with E-state index in [0.29, 0.717) is 23.1 Å². The Kier molecular flexibility index (Phi) is 3.94. The van der Waals surface area contributed by atoms with Gasteiger partial charge in [0.2, 0.25) is 0 Å². The fraction of sp³-hybridized carbons (Fsp3) is 0.250. The third kappa shape index (κ3) is 2.51. The minimum atomic E-state index is 0.253. The predicted molar refractivity (Wildman–Crippen MR) is 67.9 cm³/mol. The van der Waals surface area contributed by atoms with Crippen molar-refractivity contribution in [2.24, 2.45) is 0 Å². The monoisotopic (exact) mass is 265 g/mol. The molecule has 0 spiro atoms. The maximum Gasteiger partial charge on any atom is 0.163 e. The van der Waals surface area contributed by atoms with Crippen LogP contribution in [0.3, 0.4) is 0 Å². The molecule has 0 bridgehead atoms. The van der Waals surface area contributed by atoms with E-state index in [9.17, 15) is 0 Å². The van der Waals surface area contributed by atoms with Gasteiger partial charge in [-0.1, -0.05) is 0 Å². The number of ether oxygens (including phenoxy) is 2. The largest absolute Gasteiger partial charge is 0.493 e. The number of hydrogen-bond donors (Lipinski definition) is 0. The number of hydrogen-bond acceptors (Lipinski definition) is 5. The zero-order chi connectivity index (χ0) is 13.0. The third-order valence-electron chi connectivity index (χ3n) is 2.38. The van der Waals surface area contributed by atoms with Crippen LogP contribution in [0.5, 0.6) is 11.5 Å². The van der Waals surface area contributed by atoms with E-state index < -0.39 is 0 Å². The molecule has 2 rings (SSSR count). The van der Waals surface area contributed by atoms with Gasteiger partial charge in [0.15, 0.2) is 17.3 Å². The standard InChI is InChI=1S/C12H12ClN3O2/c1-17-9-4-3-8(5-10(9)18-2)12-15-7-14-11(6-13)16-12/h3-5,7H,6H2,1-2H3. The zero-order valence-corrected chi connectivity index (χ0v) is 10.8. The molecule has 0 saturated carbocycles. The molecule has 0 saturated heterocycles. The number of rotatable bonds is 4. The van der Waals surface area contributed by atoms with Gasteiger partial charge in [0, 0.05) is 5.56 Å². The molecule has 1 aromatic heterocycles. The van der Waals surface area contributed by atoms with Gasteiger partial charge in [-0.2, -0.15) is 0 Å². The van der Waals surface area contributed by atoms with E-state index in [-0.39, 0.29) is 5.88 Å². The lowest BCUT2D eigenvalue weighted by atomic mass is 10.2. The van der Waals surface area contributed by atoms with Crippen LogP contribution >= 0.6 is 11.6 Å². The van der Waals surface area contributed by atoms with Gasteiger partial charge in [-0.15, -0.1) is 11.6 Å². The van der Waals surface area contributed by atoms with E-state index in [0.717, 1.165) is 5.56 Å². The molecule has 0 aliphatic rings. The quantitative estimate of drug-likeness (QED) is 0.794. The van der Waals surface area contributed by atoms with E-state index >= 15 is 0 Å². The number of alkyl halides is 1. The molecule has 0 fully saturated rings. The lowest BCUT2D eigenvalue weighted by molar-refractivity contribution is 0.355. The molecule has 0 aliphatic carbocycles. The smallest absolute Gasteiger partial charge is 0.163 e. The van der Waals surface area contributed by atoms with Crippen molar-refractivity contribution in [1.82, 2.24) is 15.0 Å². The van der Waals surface area contributed by atoms with Crippen molar-refractivity contribution >= 4 is 11.6 Å². The average molecular weight is 266 g/mol. The molecule has 0 aliphatic heterocycles. The summed E-state index contributed by atoms with van der Waals surface area (Å²) in [5.74, 6) is 2.64. The Morgan fingerprint density at radius 1 is 1.11 bits per heavy atom. The zero-order valence-electron chi connectivity index (χ0n) is 10.1. The first kappa shape index (κ1) is 12.6. The van der Waals surface area contributed by atoms with E-state index in [2.05, 4.69) is 15.0 Å². The number of aromatic nitrogens is 3. The van der Waals surface area contributed by atoms with Crippen molar-refractivity contribution in [2.75, 3.05) is 14.2 Å². The Labute approximate surface area is 110 Å². The highest BCUT2D eigenvalue weighted by Crippen LogP contribution is 2.30. The fourth-order valence-electron chi connectivity index (χ4n) is 1.51. The molecular formula is C12H12ClN3O2. The van der Waals surface area contributed by atoms with Crippen molar-refractivity contribution in [1.29, 1.82) is 0 Å². The molecule has 18 heavy (non-hydrogen) atoms. The van der Waals surface area contributed by atoms with Crippen LogP contribution in [0.4, 0.5) is 0 Å². The first-order valence-electron chi connectivity index (χ1n) is 5.24. The molecule has 0 unspecified atom stereocenters. The maximum atomic E-state index is 5.70. The van der Waals surface area contributed by atoms with Crippen LogP contribution < -0.4 is 9.47 Å². The first-order valence-corrected chi connectivity index (χ1v) is 5.78.